The minimum atomic E-state index is -0.519. The first-order valence-electron chi connectivity index (χ1n) is 31.9. The van der Waals surface area contributed by atoms with Crippen molar-refractivity contribution < 1.29 is 86.2 Å². The second-order valence-electron chi connectivity index (χ2n) is 21.5. The maximum Gasteiger partial charge on any atom is 0.276 e. The molecule has 6 N–H and O–H groups in total. The van der Waals surface area contributed by atoms with E-state index in [1.54, 1.807) is 105 Å². The minimum Gasteiger partial charge on any atom is -0.508 e. The summed E-state index contributed by atoms with van der Waals surface area (Å²) in [5.74, 6) is 2.22. The maximum absolute atomic E-state index is 11.4. The Bertz CT molecular complexity index is 3860. The molecule has 0 aliphatic carbocycles. The molecule has 2 aliphatic heterocycles. The van der Waals surface area contributed by atoms with Crippen LogP contribution in [0.15, 0.2) is 103 Å². The zero-order valence-corrected chi connectivity index (χ0v) is 64.6. The zero-order chi connectivity index (χ0) is 77.5. The first-order chi connectivity index (χ1) is 49.7. The number of carbonyl (C=O) groups excluding carboxylic acids is 3. The Morgan fingerprint density at radius 2 is 1.00 bits per heavy atom. The Balaban J connectivity index is 0.000000406. The summed E-state index contributed by atoms with van der Waals surface area (Å²) in [5, 5.41) is 44.9. The van der Waals surface area contributed by atoms with Crippen LogP contribution < -0.4 is 35.2 Å². The van der Waals surface area contributed by atoms with Crippen LogP contribution in [0.2, 0.25) is 15.1 Å². The number of phenols is 1. The molecule has 0 unspecified atom stereocenters. The van der Waals surface area contributed by atoms with Crippen LogP contribution in [0.3, 0.4) is 0 Å². The molecule has 0 bridgehead atoms. The number of aromatic amines is 1. The standard InChI is InChI=1S/C12H13ClN2O3.C10H11ClN2O2.C10H14ClNO2.C10H13NO4.C10H15NO2.C7H7NO3.C4H4ClNO2.C4H8O.C3H7BrO/c1-8(16)15-11-6-12(18-4-3-17-2)10(13)5-9(11)7-14-15;1-14-2-3-15-10-5-9-7(4-8(10)11)6-12-13-9;1-7-5-8(11)10(6-9(7)12)14-4-3-13-2;1-8-3-4-9(15-6-5-14-2)7-10(8)11(12)13;1-8-3-4-9(7-10(8)11)13-6-5-12-2;1-5-2-3-6(9)4-7(5)8(10)11;5-6-3(7)1-2-4(6)8;1-2-4-5-3-1;1-5-3-2-4/h5-7H,3-4H2,1-2H3;4-6H,2-3H2,1H3,(H,12,13);5-6H,3-4,12H2,1-2H3;3-4,7H,5-6H2,1-2H3;3-4,7H,5-6,11H2,1-2H3;2-4,9H,1H3;1-2H2;1-4H2;2-3H2,1H3. The second kappa shape index (κ2) is 52.6. The van der Waals surface area contributed by atoms with E-state index in [4.69, 9.17) is 115 Å². The number of rotatable bonds is 24. The quantitative estimate of drug-likeness (QED) is 0.00830. The normalized spacial score (nSPS) is 11.6. The van der Waals surface area contributed by atoms with Gasteiger partial charge in [0.15, 0.2) is 0 Å². The maximum atomic E-state index is 11.4. The number of ether oxygens (including phenoxy) is 12. The van der Waals surface area contributed by atoms with Gasteiger partial charge in [0.1, 0.15) is 67.5 Å². The molecule has 104 heavy (non-hydrogen) atoms. The van der Waals surface area contributed by atoms with E-state index in [0.29, 0.717) is 131 Å². The summed E-state index contributed by atoms with van der Waals surface area (Å²) in [7, 11) is 9.74. The third-order valence-electron chi connectivity index (χ3n) is 13.6. The number of aromatic nitrogens is 4. The van der Waals surface area contributed by atoms with Crippen LogP contribution in [-0.4, -0.2) is 191 Å². The SMILES string of the molecule is C1CCOC1.COCCBr.COCCOc1cc(N)c(C)cc1Cl.COCCOc1cc2[nH]ncc2cc1Cl.COCCOc1cc2c(cnn2C(C)=O)cc1Cl.COCCOc1ccc(C)c(N)c1.COCCOc1ccc(C)c([N+](=O)[O-])c1.Cc1ccc(O)cc1[N+](=O)[O-].O=C1CCC(=O)N1Cl. The molecule has 0 saturated carbocycles. The van der Waals surface area contributed by atoms with Gasteiger partial charge in [0.05, 0.1) is 100 Å². The van der Waals surface area contributed by atoms with E-state index in [1.165, 1.54) is 42.6 Å². The number of hydrogen-bond acceptors (Lipinski definition) is 24. The van der Waals surface area contributed by atoms with Crippen molar-refractivity contribution in [3.05, 3.63) is 161 Å². The number of nitro benzene ring substituents is 2. The number of nitro groups is 2. The fourth-order valence-electron chi connectivity index (χ4n) is 7.93. The van der Waals surface area contributed by atoms with E-state index in [2.05, 4.69) is 36.0 Å². The molecular formula is C70H92BrCl4N9O20. The van der Waals surface area contributed by atoms with Gasteiger partial charge < -0.3 is 73.4 Å². The fourth-order valence-corrected chi connectivity index (χ4v) is 9.15. The summed E-state index contributed by atoms with van der Waals surface area (Å²) in [4.78, 5) is 52.1. The molecule has 0 spiro atoms. The van der Waals surface area contributed by atoms with E-state index in [-0.39, 0.29) is 47.7 Å². The first-order valence-corrected chi connectivity index (χ1v) is 34.5. The van der Waals surface area contributed by atoms with Crippen LogP contribution in [0.5, 0.6) is 34.5 Å². The predicted octanol–water partition coefficient (Wildman–Crippen LogP) is 14.1. The molecule has 2 aliphatic rings. The molecule has 2 aromatic heterocycles. The van der Waals surface area contributed by atoms with Crippen molar-refractivity contribution in [2.45, 2.75) is 60.3 Å². The number of nitrogens with one attached hydrogen (secondary N) is 1. The van der Waals surface area contributed by atoms with Gasteiger partial charge in [-0.25, -0.2) is 4.68 Å². The van der Waals surface area contributed by atoms with Gasteiger partial charge in [-0.2, -0.15) is 14.6 Å². The molecule has 34 heteroatoms. The molecule has 4 heterocycles. The fraction of sp³-hybridized carbons (Fsp3) is 0.414. The molecule has 8 aromatic rings. The summed E-state index contributed by atoms with van der Waals surface area (Å²) < 4.78 is 62.8. The first kappa shape index (κ1) is 91.7. The van der Waals surface area contributed by atoms with Crippen LogP contribution in [0, 0.1) is 47.9 Å². The minimum absolute atomic E-state index is 0.0509. The molecule has 6 aromatic carbocycles. The van der Waals surface area contributed by atoms with E-state index in [1.807, 2.05) is 44.2 Å². The number of phenolic OH excluding ortho intramolecular Hbond substituents is 1. The predicted molar refractivity (Wildman–Crippen MR) is 405 cm³/mol. The van der Waals surface area contributed by atoms with Crippen LogP contribution in [0.4, 0.5) is 22.7 Å². The lowest BCUT2D eigenvalue weighted by Crippen LogP contribution is -2.16. The molecule has 2 saturated heterocycles. The number of aryl methyl sites for hydroxylation is 4. The molecule has 10 rings (SSSR count). The lowest BCUT2D eigenvalue weighted by Gasteiger charge is -2.09. The summed E-state index contributed by atoms with van der Waals surface area (Å²) in [6.45, 7) is 16.3. The van der Waals surface area contributed by atoms with Gasteiger partial charge in [-0.05, 0) is 100 Å². The number of carbonyl (C=O) groups is 3. The van der Waals surface area contributed by atoms with Crippen LogP contribution in [0.1, 0.15) is 59.7 Å². The summed E-state index contributed by atoms with van der Waals surface area (Å²) >= 11 is 26.4. The number of imide groups is 1. The third-order valence-corrected chi connectivity index (χ3v) is 15.2. The summed E-state index contributed by atoms with van der Waals surface area (Å²) in [6.07, 6.45) is 6.41. The van der Waals surface area contributed by atoms with E-state index in [9.17, 15) is 34.6 Å². The number of hydrogen-bond donors (Lipinski definition) is 4. The van der Waals surface area contributed by atoms with Crippen molar-refractivity contribution in [1.29, 1.82) is 0 Å². The van der Waals surface area contributed by atoms with Crippen molar-refractivity contribution in [1.82, 2.24) is 24.4 Å². The number of fused-ring (bicyclic) bond motifs is 2. The largest absolute Gasteiger partial charge is 0.508 e. The van der Waals surface area contributed by atoms with E-state index >= 15 is 0 Å². The Morgan fingerprint density at radius 3 is 1.42 bits per heavy atom. The number of aromatic hydroxyl groups is 1. The highest BCUT2D eigenvalue weighted by Crippen LogP contribution is 2.33. The Hall–Kier alpha value is -8.37. The number of nitrogens with zero attached hydrogens (tertiary/aromatic N) is 6. The topological polar surface area (TPSA) is 370 Å². The number of alkyl halides is 1. The molecule has 29 nitrogen and oxygen atoms in total. The number of methoxy groups -OCH3 is 6. The molecule has 0 radical (unpaired) electrons. The zero-order valence-electron chi connectivity index (χ0n) is 60.0. The number of H-pyrrole nitrogens is 1. The van der Waals surface area contributed by atoms with Crippen molar-refractivity contribution in [2.75, 3.05) is 145 Å². The van der Waals surface area contributed by atoms with Crippen LogP contribution >= 0.6 is 62.5 Å². The molecule has 0 atom stereocenters. The lowest BCUT2D eigenvalue weighted by atomic mass is 10.2. The number of anilines is 2. The molecule has 2 fully saturated rings. The molecule has 2 amide bonds. The molecule has 572 valence electrons. The van der Waals surface area contributed by atoms with Gasteiger partial charge in [0.25, 0.3) is 11.4 Å². The average Bonchev–Trinajstić information content (AvgIpc) is 1.66. The van der Waals surface area contributed by atoms with Crippen molar-refractivity contribution in [3.8, 4) is 34.5 Å². The number of benzene rings is 6. The highest BCUT2D eigenvalue weighted by atomic mass is 79.9. The number of amides is 2. The highest BCUT2D eigenvalue weighted by Gasteiger charge is 2.27. The van der Waals surface area contributed by atoms with Crippen LogP contribution in [0.25, 0.3) is 21.8 Å². The summed E-state index contributed by atoms with van der Waals surface area (Å²) in [6, 6.07) is 25.1. The van der Waals surface area contributed by atoms with Crippen molar-refractivity contribution in [3.63, 3.8) is 0 Å². The number of nitrogen functional groups attached to an aromatic ring is 2. The van der Waals surface area contributed by atoms with Gasteiger partial charge in [-0.1, -0.05) is 56.8 Å². The Morgan fingerprint density at radius 1 is 0.567 bits per heavy atom. The monoisotopic (exact) mass is 1600 g/mol. The van der Waals surface area contributed by atoms with Gasteiger partial charge in [-0.3, -0.25) is 39.7 Å². The van der Waals surface area contributed by atoms with E-state index < -0.39 is 9.85 Å². The van der Waals surface area contributed by atoms with Gasteiger partial charge in [-0.15, -0.1) is 0 Å². The van der Waals surface area contributed by atoms with Crippen molar-refractivity contribution >= 4 is 125 Å². The van der Waals surface area contributed by atoms with E-state index in [0.717, 1.165) is 70.1 Å². The van der Waals surface area contributed by atoms with Gasteiger partial charge in [0.2, 0.25) is 17.7 Å². The van der Waals surface area contributed by atoms with Crippen molar-refractivity contribution in [2.24, 2.45) is 0 Å². The summed E-state index contributed by atoms with van der Waals surface area (Å²) in [5.41, 5.74) is 17.7. The van der Waals surface area contributed by atoms with Crippen LogP contribution in [-0.2, 0) is 42.7 Å². The average molecular weight is 1600 g/mol. The van der Waals surface area contributed by atoms with Gasteiger partial charge in [0, 0.05) is 150 Å². The molecular weight excluding hydrogens is 1510 g/mol. The Labute approximate surface area is 632 Å². The second-order valence-corrected chi connectivity index (χ2v) is 23.9. The number of nitrogens with two attached hydrogens (primary N) is 2. The third kappa shape index (κ3) is 35.4. The lowest BCUT2D eigenvalue weighted by molar-refractivity contribution is -0.385. The Kier molecular flexibility index (Phi) is 46.4. The van der Waals surface area contributed by atoms with Gasteiger partial charge >= 0.3 is 0 Å². The highest BCUT2D eigenvalue weighted by molar-refractivity contribution is 9.09. The smallest absolute Gasteiger partial charge is 0.276 e. The number of halogens is 5.